The normalized spacial score (nSPS) is 31.3. The van der Waals surface area contributed by atoms with Gasteiger partial charge in [0.25, 0.3) is 0 Å². The second-order valence-corrected chi connectivity index (χ2v) is 7.77. The monoisotopic (exact) mass is 356 g/mol. The summed E-state index contributed by atoms with van der Waals surface area (Å²) in [5, 5.41) is 27.4. The molecule has 0 amide bonds. The van der Waals surface area contributed by atoms with Crippen LogP contribution in [0.15, 0.2) is 0 Å². The Kier molecular flexibility index (Phi) is 8.16. The van der Waals surface area contributed by atoms with Gasteiger partial charge >= 0.3 is 11.9 Å². The largest absolute Gasteiger partial charge is 0.481 e. The third-order valence-electron chi connectivity index (χ3n) is 6.04. The summed E-state index contributed by atoms with van der Waals surface area (Å²) >= 11 is 0. The maximum Gasteiger partial charge on any atom is 0.306 e. The van der Waals surface area contributed by atoms with Crippen LogP contribution in [-0.4, -0.2) is 46.6 Å². The maximum atomic E-state index is 12.1. The molecule has 2 fully saturated rings. The Morgan fingerprint density at radius 3 is 1.60 bits per heavy atom. The summed E-state index contributed by atoms with van der Waals surface area (Å²) in [5.74, 6) is -0.102. The minimum Gasteiger partial charge on any atom is -0.481 e. The molecular formula is C19H32O6. The number of carbonyl (C=O) groups excluding carboxylic acids is 1. The van der Waals surface area contributed by atoms with E-state index in [1.807, 2.05) is 0 Å². The van der Waals surface area contributed by atoms with Crippen molar-refractivity contribution in [2.45, 2.75) is 70.3 Å². The van der Waals surface area contributed by atoms with Gasteiger partial charge in [0.2, 0.25) is 0 Å². The van der Waals surface area contributed by atoms with Crippen molar-refractivity contribution in [2.24, 2.45) is 23.7 Å². The molecule has 2 rings (SSSR count). The molecular weight excluding hydrogens is 324 g/mol. The molecule has 0 atom stereocenters. The summed E-state index contributed by atoms with van der Waals surface area (Å²) < 4.78 is 5.79. The minimum absolute atomic E-state index is 0.0796. The highest BCUT2D eigenvalue weighted by atomic mass is 16.5. The van der Waals surface area contributed by atoms with Gasteiger partial charge in [0.05, 0.1) is 12.8 Å². The smallest absolute Gasteiger partial charge is 0.306 e. The zero-order valence-electron chi connectivity index (χ0n) is 14.9. The third kappa shape index (κ3) is 6.26. The Balaban J connectivity index is 1.96. The van der Waals surface area contributed by atoms with E-state index in [9.17, 15) is 19.8 Å². The molecule has 0 aromatic rings. The number of rotatable bonds is 8. The first-order valence-corrected chi connectivity index (χ1v) is 9.66. The van der Waals surface area contributed by atoms with Crippen LogP contribution in [-0.2, 0) is 14.3 Å². The van der Waals surface area contributed by atoms with Crippen LogP contribution in [0.3, 0.4) is 0 Å². The maximum absolute atomic E-state index is 12.1. The first-order chi connectivity index (χ1) is 12.0. The predicted octanol–water partition coefficient (Wildman–Crippen LogP) is 2.36. The van der Waals surface area contributed by atoms with E-state index in [-0.39, 0.29) is 32.2 Å². The molecule has 0 aromatic heterocycles. The predicted molar refractivity (Wildman–Crippen MR) is 91.8 cm³/mol. The highest BCUT2D eigenvalue weighted by Crippen LogP contribution is 2.40. The summed E-state index contributed by atoms with van der Waals surface area (Å²) in [6.45, 7) is 0.439. The quantitative estimate of drug-likeness (QED) is 0.577. The van der Waals surface area contributed by atoms with Gasteiger partial charge in [-0.15, -0.1) is 0 Å². The van der Waals surface area contributed by atoms with Gasteiger partial charge in [-0.3, -0.25) is 9.59 Å². The summed E-state index contributed by atoms with van der Waals surface area (Å²) in [4.78, 5) is 22.8. The van der Waals surface area contributed by atoms with Crippen molar-refractivity contribution < 1.29 is 29.6 Å². The zero-order valence-corrected chi connectivity index (χ0v) is 14.9. The molecule has 0 saturated heterocycles. The van der Waals surface area contributed by atoms with Gasteiger partial charge in [-0.05, 0) is 75.0 Å². The average molecular weight is 356 g/mol. The SMILES string of the molecule is O=C(O)CCC(=O)OC(C1CCC(CO)CC1)C1CCC(CO)CC1. The Morgan fingerprint density at radius 1 is 0.800 bits per heavy atom. The van der Waals surface area contributed by atoms with E-state index in [2.05, 4.69) is 0 Å². The molecule has 2 aliphatic rings. The lowest BCUT2D eigenvalue weighted by Crippen LogP contribution is -2.38. The van der Waals surface area contributed by atoms with Crippen LogP contribution in [0.25, 0.3) is 0 Å². The number of aliphatic hydroxyl groups excluding tert-OH is 2. The lowest BCUT2D eigenvalue weighted by molar-refractivity contribution is -0.160. The molecule has 0 heterocycles. The van der Waals surface area contributed by atoms with Crippen LogP contribution < -0.4 is 0 Å². The number of hydrogen-bond acceptors (Lipinski definition) is 5. The van der Waals surface area contributed by atoms with Gasteiger partial charge in [-0.2, -0.15) is 0 Å². The molecule has 0 radical (unpaired) electrons. The van der Waals surface area contributed by atoms with Gasteiger partial charge in [0.15, 0.2) is 0 Å². The van der Waals surface area contributed by atoms with Crippen molar-refractivity contribution in [3.05, 3.63) is 0 Å². The molecule has 0 bridgehead atoms. The van der Waals surface area contributed by atoms with Crippen molar-refractivity contribution >= 4 is 11.9 Å². The van der Waals surface area contributed by atoms with Crippen LogP contribution in [0, 0.1) is 23.7 Å². The summed E-state index contributed by atoms with van der Waals surface area (Å²) in [6, 6.07) is 0. The Labute approximate surface area is 149 Å². The van der Waals surface area contributed by atoms with Crippen LogP contribution in [0.2, 0.25) is 0 Å². The number of ether oxygens (including phenoxy) is 1. The molecule has 6 nitrogen and oxygen atoms in total. The first-order valence-electron chi connectivity index (χ1n) is 9.66. The number of esters is 1. The lowest BCUT2D eigenvalue weighted by Gasteiger charge is -2.39. The van der Waals surface area contributed by atoms with Crippen LogP contribution in [0.1, 0.15) is 64.2 Å². The van der Waals surface area contributed by atoms with E-state index in [0.29, 0.717) is 23.7 Å². The number of aliphatic hydroxyl groups is 2. The minimum atomic E-state index is -0.986. The number of aliphatic carboxylic acids is 1. The van der Waals surface area contributed by atoms with Gasteiger partial charge < -0.3 is 20.1 Å². The molecule has 2 saturated carbocycles. The zero-order chi connectivity index (χ0) is 18.2. The lowest BCUT2D eigenvalue weighted by atomic mass is 9.71. The van der Waals surface area contributed by atoms with Crippen LogP contribution in [0.4, 0.5) is 0 Å². The molecule has 0 spiro atoms. The molecule has 2 aliphatic carbocycles. The van der Waals surface area contributed by atoms with Crippen molar-refractivity contribution in [2.75, 3.05) is 13.2 Å². The summed E-state index contributed by atoms with van der Waals surface area (Å²) in [6.07, 6.45) is 7.18. The van der Waals surface area contributed by atoms with Gasteiger partial charge in [-0.1, -0.05) is 0 Å². The Hall–Kier alpha value is -1.14. The van der Waals surface area contributed by atoms with E-state index in [4.69, 9.17) is 9.84 Å². The van der Waals surface area contributed by atoms with E-state index in [1.165, 1.54) is 0 Å². The molecule has 6 heteroatoms. The first kappa shape index (κ1) is 20.2. The second kappa shape index (κ2) is 10.1. The van der Waals surface area contributed by atoms with Crippen molar-refractivity contribution in [1.29, 1.82) is 0 Å². The van der Waals surface area contributed by atoms with Crippen molar-refractivity contribution in [3.63, 3.8) is 0 Å². The van der Waals surface area contributed by atoms with Gasteiger partial charge in [-0.25, -0.2) is 0 Å². The van der Waals surface area contributed by atoms with E-state index >= 15 is 0 Å². The summed E-state index contributed by atoms with van der Waals surface area (Å²) in [5.41, 5.74) is 0. The molecule has 25 heavy (non-hydrogen) atoms. The number of hydrogen-bond donors (Lipinski definition) is 3. The van der Waals surface area contributed by atoms with Gasteiger partial charge in [0, 0.05) is 13.2 Å². The molecule has 144 valence electrons. The van der Waals surface area contributed by atoms with E-state index in [0.717, 1.165) is 51.4 Å². The fourth-order valence-corrected chi connectivity index (χ4v) is 4.40. The third-order valence-corrected chi connectivity index (χ3v) is 6.04. The van der Waals surface area contributed by atoms with Crippen LogP contribution >= 0.6 is 0 Å². The topological polar surface area (TPSA) is 104 Å². The van der Waals surface area contributed by atoms with E-state index < -0.39 is 11.9 Å². The van der Waals surface area contributed by atoms with Gasteiger partial charge in [0.1, 0.15) is 6.10 Å². The Morgan fingerprint density at radius 2 is 1.24 bits per heavy atom. The number of carboxylic acids is 1. The van der Waals surface area contributed by atoms with Crippen LogP contribution in [0.5, 0.6) is 0 Å². The highest BCUT2D eigenvalue weighted by molar-refractivity contribution is 5.76. The average Bonchev–Trinajstić information content (AvgIpc) is 2.64. The van der Waals surface area contributed by atoms with Crippen molar-refractivity contribution in [1.82, 2.24) is 0 Å². The highest BCUT2D eigenvalue weighted by Gasteiger charge is 2.37. The molecule has 0 unspecified atom stereocenters. The fourth-order valence-electron chi connectivity index (χ4n) is 4.40. The number of carboxylic acid groups (broad SMARTS) is 1. The standard InChI is InChI=1S/C19H32O6/c20-11-13-1-5-15(6-2-13)19(25-18(24)10-9-17(22)23)16-7-3-14(12-21)4-8-16/h13-16,19-21H,1-12H2,(H,22,23). The molecule has 0 aromatic carbocycles. The van der Waals surface area contributed by atoms with E-state index in [1.54, 1.807) is 0 Å². The summed E-state index contributed by atoms with van der Waals surface area (Å²) in [7, 11) is 0. The van der Waals surface area contributed by atoms with Crippen molar-refractivity contribution in [3.8, 4) is 0 Å². The number of carbonyl (C=O) groups is 2. The Bertz CT molecular complexity index is 398. The fraction of sp³-hybridized carbons (Fsp3) is 0.895. The molecule has 3 N–H and O–H groups in total. The molecule has 0 aliphatic heterocycles. The second-order valence-electron chi connectivity index (χ2n) is 7.77.